The number of unbranched alkanes of at least 4 members (excludes halogenated alkanes) is 8. The Bertz CT molecular complexity index is 480. The Morgan fingerprint density at radius 1 is 0.633 bits per heavy atom. The van der Waals surface area contributed by atoms with Crippen LogP contribution in [0.3, 0.4) is 0 Å². The molecule has 30 heavy (non-hydrogen) atoms. The topological polar surface area (TPSA) is 38.7 Å². The second kappa shape index (κ2) is 17.1. The fourth-order valence-corrected chi connectivity index (χ4v) is 5.22. The number of rotatable bonds is 19. The maximum Gasteiger partial charge on any atom is 0.446 e. The fraction of sp³-hybridized carbons (Fsp3) is 0.769. The van der Waals surface area contributed by atoms with Gasteiger partial charge in [-0.3, -0.25) is 0 Å². The molecule has 0 saturated carbocycles. The molecule has 174 valence electrons. The molecule has 0 saturated heterocycles. The van der Waals surface area contributed by atoms with Crippen LogP contribution in [0.5, 0.6) is 0 Å². The molecule has 1 rings (SSSR count). The van der Waals surface area contributed by atoms with E-state index in [1.165, 1.54) is 51.4 Å². The second-order valence-electron chi connectivity index (χ2n) is 9.42. The van der Waals surface area contributed by atoms with E-state index in [1.807, 2.05) is 30.3 Å². The minimum absolute atomic E-state index is 0.568. The van der Waals surface area contributed by atoms with Crippen LogP contribution in [0.1, 0.15) is 105 Å². The highest BCUT2D eigenvalue weighted by molar-refractivity contribution is 7.68. The minimum Gasteiger partial charge on any atom is -0.188 e. The molecule has 0 aliphatic carbocycles. The second-order valence-corrected chi connectivity index (χ2v) is 11.5. The Hall–Kier alpha value is -0.470. The van der Waals surface area contributed by atoms with E-state index in [2.05, 4.69) is 27.7 Å². The summed E-state index contributed by atoms with van der Waals surface area (Å²) in [6, 6.07) is 9.69. The molecule has 1 N–H and O–H groups in total. The van der Waals surface area contributed by atoms with Crippen LogP contribution in [0.25, 0.3) is 0 Å². The molecule has 0 bridgehead atoms. The third-order valence-electron chi connectivity index (χ3n) is 5.47. The Morgan fingerprint density at radius 2 is 1.03 bits per heavy atom. The van der Waals surface area contributed by atoms with Crippen molar-refractivity contribution in [3.63, 3.8) is 0 Å². The van der Waals surface area contributed by atoms with Gasteiger partial charge in [0, 0.05) is 0 Å². The normalized spacial score (nSPS) is 12.2. The highest BCUT2D eigenvalue weighted by Gasteiger charge is 2.43. The van der Waals surface area contributed by atoms with Crippen LogP contribution >= 0.6 is 7.94 Å². The summed E-state index contributed by atoms with van der Waals surface area (Å²) in [7, 11) is -2.97. The van der Waals surface area contributed by atoms with Crippen LogP contribution in [0, 0.1) is 11.8 Å². The number of hydrogen-bond donors (Lipinski definition) is 1. The van der Waals surface area contributed by atoms with Gasteiger partial charge in [-0.25, -0.2) is 0 Å². The fourth-order valence-electron chi connectivity index (χ4n) is 3.55. The van der Waals surface area contributed by atoms with Gasteiger partial charge in [-0.05, 0) is 36.8 Å². The van der Waals surface area contributed by atoms with Crippen molar-refractivity contribution in [2.24, 2.45) is 11.8 Å². The average Bonchev–Trinajstić information content (AvgIpc) is 2.72. The van der Waals surface area contributed by atoms with Crippen LogP contribution in [0.4, 0.5) is 0 Å². The van der Waals surface area contributed by atoms with Crippen molar-refractivity contribution < 1.29 is 13.9 Å². The third-order valence-corrected chi connectivity index (χ3v) is 7.48. The zero-order valence-electron chi connectivity index (χ0n) is 20.2. The van der Waals surface area contributed by atoms with Gasteiger partial charge < -0.3 is 0 Å². The first-order valence-corrected chi connectivity index (χ1v) is 14.0. The van der Waals surface area contributed by atoms with Crippen LogP contribution in [-0.4, -0.2) is 18.1 Å². The monoisotopic (exact) mass is 439 g/mol. The smallest absolute Gasteiger partial charge is 0.188 e. The molecule has 0 aliphatic heterocycles. The lowest BCUT2D eigenvalue weighted by Crippen LogP contribution is -2.17. The summed E-state index contributed by atoms with van der Waals surface area (Å²) in [5, 5.41) is 0.791. The average molecular weight is 440 g/mol. The van der Waals surface area contributed by atoms with E-state index in [0.29, 0.717) is 13.2 Å². The molecule has 0 heterocycles. The highest BCUT2D eigenvalue weighted by Crippen LogP contribution is 2.55. The van der Waals surface area contributed by atoms with Crippen molar-refractivity contribution in [2.45, 2.75) is 105 Å². The van der Waals surface area contributed by atoms with Gasteiger partial charge in [0.25, 0.3) is 0 Å². The van der Waals surface area contributed by atoms with E-state index in [1.54, 1.807) is 0 Å². The lowest BCUT2D eigenvalue weighted by atomic mass is 10.0. The first kappa shape index (κ1) is 27.6. The number of benzene rings is 1. The van der Waals surface area contributed by atoms with E-state index in [4.69, 9.17) is 9.05 Å². The Kier molecular flexibility index (Phi) is 15.7. The molecule has 0 radical (unpaired) electrons. The van der Waals surface area contributed by atoms with Crippen molar-refractivity contribution in [1.82, 2.24) is 0 Å². The summed E-state index contributed by atoms with van der Waals surface area (Å²) in [6.45, 7) is 10.3. The van der Waals surface area contributed by atoms with Gasteiger partial charge in [-0.1, -0.05) is 110 Å². The quantitative estimate of drug-likeness (QED) is 0.175. The lowest BCUT2D eigenvalue weighted by Gasteiger charge is -2.17. The summed E-state index contributed by atoms with van der Waals surface area (Å²) in [6.07, 6.45) is 14.6. The standard InChI is InChI=1S/C26H48O3P/c1-24(2)18-12-7-5-9-16-22-28-30(27,26-20-14-11-15-21-26)29-23-17-10-6-8-13-19-25(3)4/h11,14-15,20-21,24-25,27H,5-10,12-13,16-19,22-23H2,1-4H3/q+1. The zero-order chi connectivity index (χ0) is 22.1. The van der Waals surface area contributed by atoms with Crippen LogP contribution in [0.15, 0.2) is 30.3 Å². The Labute approximate surface area is 187 Å². The zero-order valence-corrected chi connectivity index (χ0v) is 21.0. The SMILES string of the molecule is CC(C)CCCCCCCO[P+](O)(OCCCCCCCC(C)C)c1ccccc1. The molecule has 1 aromatic carbocycles. The Balaban J connectivity index is 2.28. The molecule has 0 atom stereocenters. The predicted octanol–water partition coefficient (Wildman–Crippen LogP) is 8.09. The summed E-state index contributed by atoms with van der Waals surface area (Å²) in [5.41, 5.74) is 0. The van der Waals surface area contributed by atoms with Gasteiger partial charge in [0.15, 0.2) is 5.30 Å². The molecule has 1 aromatic rings. The van der Waals surface area contributed by atoms with Crippen LogP contribution < -0.4 is 5.30 Å². The maximum atomic E-state index is 11.2. The Morgan fingerprint density at radius 3 is 1.47 bits per heavy atom. The summed E-state index contributed by atoms with van der Waals surface area (Å²) in [4.78, 5) is 11.2. The highest BCUT2D eigenvalue weighted by atomic mass is 31.2. The molecule has 0 fully saturated rings. The van der Waals surface area contributed by atoms with Crippen LogP contribution in [0.2, 0.25) is 0 Å². The van der Waals surface area contributed by atoms with Crippen molar-refractivity contribution in [3.8, 4) is 0 Å². The van der Waals surface area contributed by atoms with E-state index >= 15 is 0 Å². The van der Waals surface area contributed by atoms with Crippen molar-refractivity contribution in [2.75, 3.05) is 13.2 Å². The van der Waals surface area contributed by atoms with E-state index in [0.717, 1.165) is 42.8 Å². The van der Waals surface area contributed by atoms with Crippen molar-refractivity contribution >= 4 is 13.2 Å². The van der Waals surface area contributed by atoms with Crippen molar-refractivity contribution in [3.05, 3.63) is 30.3 Å². The van der Waals surface area contributed by atoms with Gasteiger partial charge in [-0.15, -0.1) is 0 Å². The number of hydrogen-bond acceptors (Lipinski definition) is 3. The van der Waals surface area contributed by atoms with E-state index in [-0.39, 0.29) is 0 Å². The largest absolute Gasteiger partial charge is 0.446 e. The summed E-state index contributed by atoms with van der Waals surface area (Å²) >= 11 is 0. The van der Waals surface area contributed by atoms with Gasteiger partial charge in [0.2, 0.25) is 0 Å². The molecule has 0 aliphatic rings. The minimum atomic E-state index is -2.97. The van der Waals surface area contributed by atoms with Gasteiger partial charge in [0.1, 0.15) is 0 Å². The molecule has 0 amide bonds. The lowest BCUT2D eigenvalue weighted by molar-refractivity contribution is 0.179. The molecule has 3 nitrogen and oxygen atoms in total. The van der Waals surface area contributed by atoms with E-state index < -0.39 is 7.94 Å². The maximum absolute atomic E-state index is 11.2. The molecular formula is C26H48O3P+. The van der Waals surface area contributed by atoms with E-state index in [9.17, 15) is 4.89 Å². The van der Waals surface area contributed by atoms with Gasteiger partial charge in [-0.2, -0.15) is 13.9 Å². The predicted molar refractivity (Wildman–Crippen MR) is 132 cm³/mol. The van der Waals surface area contributed by atoms with Gasteiger partial charge in [0.05, 0.1) is 13.2 Å². The third kappa shape index (κ3) is 13.8. The molecule has 0 unspecified atom stereocenters. The summed E-state index contributed by atoms with van der Waals surface area (Å²) < 4.78 is 12.0. The van der Waals surface area contributed by atoms with Gasteiger partial charge >= 0.3 is 7.94 Å². The molecule has 4 heteroatoms. The molecular weight excluding hydrogens is 391 g/mol. The molecule has 0 aromatic heterocycles. The van der Waals surface area contributed by atoms with Crippen LogP contribution in [-0.2, 0) is 9.05 Å². The first-order chi connectivity index (χ1) is 14.4. The van der Waals surface area contributed by atoms with Crippen molar-refractivity contribution in [1.29, 1.82) is 0 Å². The molecule has 0 spiro atoms. The summed E-state index contributed by atoms with van der Waals surface area (Å²) in [5.74, 6) is 1.60. The first-order valence-electron chi connectivity index (χ1n) is 12.4.